The summed E-state index contributed by atoms with van der Waals surface area (Å²) >= 11 is 1.93. The lowest BCUT2D eigenvalue weighted by molar-refractivity contribution is -0.122. The second-order valence-electron chi connectivity index (χ2n) is 9.72. The Labute approximate surface area is 200 Å². The Hall–Kier alpha value is -0.830. The molecule has 1 aliphatic rings. The minimum absolute atomic E-state index is 0.0399. The number of ether oxygens (including phenoxy) is 1. The molecule has 5 N–H and O–H groups in total. The normalized spacial score (nSPS) is 20.6. The molecule has 32 heavy (non-hydrogen) atoms. The Balaban J connectivity index is 0.00000140. The van der Waals surface area contributed by atoms with Gasteiger partial charge in [-0.1, -0.05) is 27.2 Å². The minimum atomic E-state index is -0.361. The molecule has 1 rings (SSSR count). The van der Waals surface area contributed by atoms with Gasteiger partial charge in [-0.15, -0.1) is 0 Å². The van der Waals surface area contributed by atoms with E-state index in [4.69, 9.17) is 15.6 Å². The molecule has 190 valence electrons. The zero-order valence-electron chi connectivity index (χ0n) is 21.2. The fourth-order valence-corrected chi connectivity index (χ4v) is 5.13. The highest BCUT2D eigenvalue weighted by Crippen LogP contribution is 2.34. The number of nitrogens with two attached hydrogens (primary N) is 1. The van der Waals surface area contributed by atoms with Gasteiger partial charge >= 0.3 is 0 Å². The van der Waals surface area contributed by atoms with Crippen LogP contribution in [0.25, 0.3) is 0 Å². The number of aliphatic hydroxyl groups excluding tert-OH is 1. The van der Waals surface area contributed by atoms with E-state index in [0.29, 0.717) is 37.2 Å². The van der Waals surface area contributed by atoms with E-state index >= 15 is 0 Å². The summed E-state index contributed by atoms with van der Waals surface area (Å²) in [5, 5.41) is 15.4. The third-order valence-corrected chi connectivity index (χ3v) is 7.15. The van der Waals surface area contributed by atoms with Gasteiger partial charge in [0.05, 0.1) is 12.2 Å². The van der Waals surface area contributed by atoms with Gasteiger partial charge in [0.2, 0.25) is 11.8 Å². The lowest BCUT2D eigenvalue weighted by atomic mass is 9.97. The number of nitrogens with one attached hydrogen (secondary N) is 2. The molecule has 1 aliphatic heterocycles. The molecule has 0 saturated carbocycles. The lowest BCUT2D eigenvalue weighted by Gasteiger charge is -2.24. The molecule has 7 nitrogen and oxygen atoms in total. The van der Waals surface area contributed by atoms with Crippen molar-refractivity contribution in [1.82, 2.24) is 10.6 Å². The standard InChI is InChI=1S/C19H36N2O4S.C5H13N/c1-14-13-26-16(18(14)21-15(2)23)7-5-6-8-17(24)20-10-12-25-19(3,4)9-11-22;1-5(2)3-4-6/h14,16,18,22H,5-13H2,1-4H3,(H,20,24)(H,21,23);5H,3-4,6H2,1-2H3/t14-,16-,18-;/m0./s1. The van der Waals surface area contributed by atoms with Gasteiger partial charge in [0.25, 0.3) is 0 Å². The maximum absolute atomic E-state index is 11.9. The second kappa shape index (κ2) is 17.6. The fraction of sp³-hybridized carbons (Fsp3) is 0.917. The number of hydrogen-bond donors (Lipinski definition) is 4. The molecule has 3 atom stereocenters. The maximum Gasteiger partial charge on any atom is 0.220 e. The Kier molecular flexibility index (Phi) is 17.2. The number of rotatable bonds is 14. The van der Waals surface area contributed by atoms with Crippen molar-refractivity contribution < 1.29 is 19.4 Å². The summed E-state index contributed by atoms with van der Waals surface area (Å²) < 4.78 is 5.65. The van der Waals surface area contributed by atoms with Crippen molar-refractivity contribution in [3.63, 3.8) is 0 Å². The largest absolute Gasteiger partial charge is 0.396 e. The lowest BCUT2D eigenvalue weighted by Crippen LogP contribution is -2.41. The first-order valence-electron chi connectivity index (χ1n) is 12.1. The van der Waals surface area contributed by atoms with E-state index in [9.17, 15) is 9.59 Å². The van der Waals surface area contributed by atoms with Gasteiger partial charge in [-0.3, -0.25) is 9.59 Å². The van der Waals surface area contributed by atoms with E-state index in [1.165, 1.54) is 0 Å². The Morgan fingerprint density at radius 3 is 2.50 bits per heavy atom. The number of amides is 2. The second-order valence-corrected chi connectivity index (χ2v) is 11.0. The van der Waals surface area contributed by atoms with Gasteiger partial charge in [-0.2, -0.15) is 11.8 Å². The van der Waals surface area contributed by atoms with Crippen LogP contribution in [0.2, 0.25) is 0 Å². The predicted octanol–water partition coefficient (Wildman–Crippen LogP) is 3.09. The number of carbonyl (C=O) groups excluding carboxylic acids is 2. The van der Waals surface area contributed by atoms with Crippen LogP contribution in [0.4, 0.5) is 0 Å². The van der Waals surface area contributed by atoms with Crippen molar-refractivity contribution in [3.8, 4) is 0 Å². The molecule has 0 radical (unpaired) electrons. The average molecular weight is 476 g/mol. The third-order valence-electron chi connectivity index (χ3n) is 5.47. The first kappa shape index (κ1) is 31.2. The molecule has 0 aromatic rings. The summed E-state index contributed by atoms with van der Waals surface area (Å²) in [6.45, 7) is 13.8. The molecule has 0 unspecified atom stereocenters. The molecule has 0 aromatic heterocycles. The molecular formula is C24H49N3O4S. The summed E-state index contributed by atoms with van der Waals surface area (Å²) in [5.41, 5.74) is 4.87. The van der Waals surface area contributed by atoms with E-state index in [1.807, 2.05) is 25.6 Å². The van der Waals surface area contributed by atoms with Crippen molar-refractivity contribution in [3.05, 3.63) is 0 Å². The first-order chi connectivity index (χ1) is 15.0. The molecule has 8 heteroatoms. The molecule has 2 amide bonds. The maximum atomic E-state index is 11.9. The molecule has 0 aliphatic carbocycles. The summed E-state index contributed by atoms with van der Waals surface area (Å²) in [6, 6.07) is 0.255. The highest BCUT2D eigenvalue weighted by atomic mass is 32.2. The SMILES string of the molecule is CC(=O)N[C@@H]1[C@H](CCCCC(=O)NCCOC(C)(C)CCO)SC[C@@H]1C.CC(C)CCN. The van der Waals surface area contributed by atoms with Crippen LogP contribution in [-0.2, 0) is 14.3 Å². The van der Waals surface area contributed by atoms with E-state index in [1.54, 1.807) is 6.92 Å². The molecule has 0 aromatic carbocycles. The van der Waals surface area contributed by atoms with Crippen molar-refractivity contribution in [1.29, 1.82) is 0 Å². The van der Waals surface area contributed by atoms with Crippen molar-refractivity contribution >= 4 is 23.6 Å². The van der Waals surface area contributed by atoms with E-state index in [-0.39, 0.29) is 30.1 Å². The molecule has 0 bridgehead atoms. The van der Waals surface area contributed by atoms with Crippen LogP contribution in [0.1, 0.15) is 80.1 Å². The topological polar surface area (TPSA) is 114 Å². The quantitative estimate of drug-likeness (QED) is 0.287. The van der Waals surface area contributed by atoms with Crippen molar-refractivity contribution in [2.24, 2.45) is 17.6 Å². The average Bonchev–Trinajstić information content (AvgIpc) is 3.02. The Morgan fingerprint density at radius 1 is 1.28 bits per heavy atom. The van der Waals surface area contributed by atoms with Gasteiger partial charge in [0, 0.05) is 37.8 Å². The number of aliphatic hydroxyl groups is 1. The Morgan fingerprint density at radius 2 is 1.97 bits per heavy atom. The highest BCUT2D eigenvalue weighted by molar-refractivity contribution is 8.00. The number of hydrogen-bond acceptors (Lipinski definition) is 6. The van der Waals surface area contributed by atoms with Crippen molar-refractivity contribution in [2.45, 2.75) is 97.0 Å². The third kappa shape index (κ3) is 15.9. The number of carbonyl (C=O) groups is 2. The van der Waals surface area contributed by atoms with Crippen LogP contribution in [-0.4, -0.2) is 65.9 Å². The summed E-state index contributed by atoms with van der Waals surface area (Å²) in [7, 11) is 0. The van der Waals surface area contributed by atoms with E-state index in [2.05, 4.69) is 31.4 Å². The van der Waals surface area contributed by atoms with Crippen LogP contribution < -0.4 is 16.4 Å². The van der Waals surface area contributed by atoms with Gasteiger partial charge in [-0.25, -0.2) is 0 Å². The first-order valence-corrected chi connectivity index (χ1v) is 13.2. The Bertz CT molecular complexity index is 517. The van der Waals surface area contributed by atoms with Gasteiger partial charge < -0.3 is 26.2 Å². The predicted molar refractivity (Wildman–Crippen MR) is 135 cm³/mol. The summed E-state index contributed by atoms with van der Waals surface area (Å²) in [4.78, 5) is 23.2. The molecule has 1 saturated heterocycles. The zero-order valence-corrected chi connectivity index (χ0v) is 22.1. The number of unbranched alkanes of at least 4 members (excludes halogenated alkanes) is 1. The number of thioether (sulfide) groups is 1. The smallest absolute Gasteiger partial charge is 0.220 e. The molecule has 0 spiro atoms. The van der Waals surface area contributed by atoms with Gasteiger partial charge in [-0.05, 0) is 63.7 Å². The monoisotopic (exact) mass is 475 g/mol. The van der Waals surface area contributed by atoms with Crippen LogP contribution in [0.3, 0.4) is 0 Å². The van der Waals surface area contributed by atoms with Crippen LogP contribution in [0.5, 0.6) is 0 Å². The molecule has 1 fully saturated rings. The van der Waals surface area contributed by atoms with Crippen LogP contribution >= 0.6 is 11.8 Å². The van der Waals surface area contributed by atoms with E-state index < -0.39 is 0 Å². The minimum Gasteiger partial charge on any atom is -0.396 e. The van der Waals surface area contributed by atoms with Gasteiger partial charge in [0.15, 0.2) is 0 Å². The van der Waals surface area contributed by atoms with E-state index in [0.717, 1.165) is 43.9 Å². The van der Waals surface area contributed by atoms with Gasteiger partial charge in [0.1, 0.15) is 0 Å². The van der Waals surface area contributed by atoms with Crippen LogP contribution in [0, 0.1) is 11.8 Å². The highest BCUT2D eigenvalue weighted by Gasteiger charge is 2.34. The molecular weight excluding hydrogens is 426 g/mol. The molecule has 1 heterocycles. The van der Waals surface area contributed by atoms with Crippen LogP contribution in [0.15, 0.2) is 0 Å². The fourth-order valence-electron chi connectivity index (χ4n) is 3.49. The summed E-state index contributed by atoms with van der Waals surface area (Å²) in [6.07, 6.45) is 5.15. The summed E-state index contributed by atoms with van der Waals surface area (Å²) in [5.74, 6) is 2.46. The zero-order chi connectivity index (χ0) is 24.6. The van der Waals surface area contributed by atoms with Crippen molar-refractivity contribution in [2.75, 3.05) is 32.1 Å².